The summed E-state index contributed by atoms with van der Waals surface area (Å²) in [7, 11) is 3.17. The molecule has 0 N–H and O–H groups in total. The van der Waals surface area contributed by atoms with E-state index in [2.05, 4.69) is 6.92 Å². The van der Waals surface area contributed by atoms with Crippen molar-refractivity contribution in [2.75, 3.05) is 14.2 Å². The highest BCUT2D eigenvalue weighted by Gasteiger charge is 2.43. The van der Waals surface area contributed by atoms with Crippen molar-refractivity contribution in [3.05, 3.63) is 23.3 Å². The second-order valence-corrected chi connectivity index (χ2v) is 8.84. The van der Waals surface area contributed by atoms with Gasteiger partial charge in [0.05, 0.1) is 26.4 Å². The minimum atomic E-state index is -0.304. The van der Waals surface area contributed by atoms with Crippen molar-refractivity contribution in [3.63, 3.8) is 0 Å². The summed E-state index contributed by atoms with van der Waals surface area (Å²) >= 11 is 0. The molecule has 3 aliphatic rings. The Balaban J connectivity index is 1.25. The lowest BCUT2D eigenvalue weighted by Gasteiger charge is -2.38. The zero-order chi connectivity index (χ0) is 21.1. The maximum absolute atomic E-state index is 12.3. The van der Waals surface area contributed by atoms with Gasteiger partial charge < -0.3 is 23.7 Å². The highest BCUT2D eigenvalue weighted by molar-refractivity contribution is 5.97. The number of cyclic esters (lactones) is 1. The molecule has 0 aromatic heterocycles. The molecule has 0 radical (unpaired) electrons. The first-order valence-electron chi connectivity index (χ1n) is 11.4. The van der Waals surface area contributed by atoms with Crippen molar-refractivity contribution in [1.82, 2.24) is 0 Å². The van der Waals surface area contributed by atoms with Crippen molar-refractivity contribution in [2.24, 2.45) is 0 Å². The summed E-state index contributed by atoms with van der Waals surface area (Å²) in [6.45, 7) is 2.14. The fourth-order valence-corrected chi connectivity index (χ4v) is 5.11. The van der Waals surface area contributed by atoms with Gasteiger partial charge in [0.15, 0.2) is 5.79 Å². The van der Waals surface area contributed by atoms with Crippen molar-refractivity contribution in [2.45, 2.75) is 95.2 Å². The number of carbonyl (C=O) groups excluding carboxylic acids is 1. The Morgan fingerprint density at radius 2 is 1.87 bits per heavy atom. The van der Waals surface area contributed by atoms with Crippen molar-refractivity contribution >= 4 is 5.97 Å². The van der Waals surface area contributed by atoms with E-state index in [9.17, 15) is 4.79 Å². The molecule has 1 aromatic carbocycles. The molecule has 2 fully saturated rings. The summed E-state index contributed by atoms with van der Waals surface area (Å²) in [5.41, 5.74) is 1.41. The second-order valence-electron chi connectivity index (χ2n) is 8.84. The molecule has 0 amide bonds. The molecule has 4 atom stereocenters. The first-order chi connectivity index (χ1) is 14.5. The van der Waals surface area contributed by atoms with Crippen LogP contribution in [0.25, 0.3) is 0 Å². The quantitative estimate of drug-likeness (QED) is 0.420. The van der Waals surface area contributed by atoms with E-state index in [1.807, 2.05) is 6.07 Å². The van der Waals surface area contributed by atoms with E-state index < -0.39 is 0 Å². The molecule has 1 spiro atoms. The predicted octanol–water partition coefficient (Wildman–Crippen LogP) is 5.33. The average molecular weight is 419 g/mol. The third kappa shape index (κ3) is 4.45. The molecule has 0 saturated carbocycles. The fraction of sp³-hybridized carbons (Fsp3) is 0.708. The van der Waals surface area contributed by atoms with Crippen LogP contribution in [0.1, 0.15) is 93.2 Å². The number of ether oxygens (including phenoxy) is 5. The molecule has 166 valence electrons. The van der Waals surface area contributed by atoms with Crippen molar-refractivity contribution < 1.29 is 28.5 Å². The van der Waals surface area contributed by atoms with Gasteiger partial charge in [-0.2, -0.15) is 0 Å². The number of esters is 1. The van der Waals surface area contributed by atoms with E-state index in [4.69, 9.17) is 23.7 Å². The maximum atomic E-state index is 12.3. The molecule has 3 heterocycles. The molecule has 0 aliphatic carbocycles. The fourth-order valence-electron chi connectivity index (χ4n) is 5.11. The number of unbranched alkanes of at least 4 members (excludes halogenated alkanes) is 2. The Kier molecular flexibility index (Phi) is 6.54. The monoisotopic (exact) mass is 418 g/mol. The van der Waals surface area contributed by atoms with Crippen LogP contribution in [0.2, 0.25) is 0 Å². The summed E-state index contributed by atoms with van der Waals surface area (Å²) < 4.78 is 28.8. The molecular formula is C24H34O6. The number of hydrogen-bond donors (Lipinski definition) is 0. The highest BCUT2D eigenvalue weighted by Crippen LogP contribution is 2.43. The summed E-state index contributed by atoms with van der Waals surface area (Å²) in [5.74, 6) is 0.591. The van der Waals surface area contributed by atoms with E-state index in [0.29, 0.717) is 29.3 Å². The topological polar surface area (TPSA) is 63.2 Å². The van der Waals surface area contributed by atoms with Crippen molar-refractivity contribution in [1.29, 1.82) is 0 Å². The van der Waals surface area contributed by atoms with Gasteiger partial charge in [0, 0.05) is 24.5 Å². The molecule has 1 aromatic rings. The number of hydrogen-bond acceptors (Lipinski definition) is 6. The van der Waals surface area contributed by atoms with Gasteiger partial charge in [-0.25, -0.2) is 4.79 Å². The largest absolute Gasteiger partial charge is 0.497 e. The van der Waals surface area contributed by atoms with Gasteiger partial charge >= 0.3 is 5.97 Å². The molecule has 2 saturated heterocycles. The Morgan fingerprint density at radius 3 is 2.60 bits per heavy atom. The number of rotatable bonds is 8. The summed E-state index contributed by atoms with van der Waals surface area (Å²) in [4.78, 5) is 12.3. The maximum Gasteiger partial charge on any atom is 0.342 e. The summed E-state index contributed by atoms with van der Waals surface area (Å²) in [5, 5.41) is 0. The number of fused-ring (bicyclic) bond motifs is 1. The van der Waals surface area contributed by atoms with Crippen LogP contribution in [0, 0.1) is 0 Å². The molecule has 0 bridgehead atoms. The molecule has 6 heteroatoms. The normalized spacial score (nSPS) is 30.4. The lowest BCUT2D eigenvalue weighted by Crippen LogP contribution is -2.40. The van der Waals surface area contributed by atoms with Gasteiger partial charge in [0.25, 0.3) is 0 Å². The van der Waals surface area contributed by atoms with E-state index in [-0.39, 0.29) is 17.9 Å². The minimum Gasteiger partial charge on any atom is -0.497 e. The zero-order valence-electron chi connectivity index (χ0n) is 18.4. The number of methoxy groups -OCH3 is 2. The smallest absolute Gasteiger partial charge is 0.342 e. The van der Waals surface area contributed by atoms with Gasteiger partial charge in [-0.05, 0) is 51.5 Å². The molecular weight excluding hydrogens is 384 g/mol. The van der Waals surface area contributed by atoms with Crippen LogP contribution in [-0.4, -0.2) is 38.2 Å². The van der Waals surface area contributed by atoms with Crippen LogP contribution < -0.4 is 9.47 Å². The Morgan fingerprint density at radius 1 is 1.03 bits per heavy atom. The van der Waals surface area contributed by atoms with Crippen molar-refractivity contribution in [3.8, 4) is 11.5 Å². The van der Waals surface area contributed by atoms with Crippen LogP contribution in [0.3, 0.4) is 0 Å². The number of carbonyl (C=O) groups is 1. The van der Waals surface area contributed by atoms with Gasteiger partial charge in [0.1, 0.15) is 23.2 Å². The summed E-state index contributed by atoms with van der Waals surface area (Å²) in [6, 6.07) is 3.62. The first kappa shape index (κ1) is 21.4. The summed E-state index contributed by atoms with van der Waals surface area (Å²) in [6.07, 6.45) is 11.0. The second kappa shape index (κ2) is 9.15. The lowest BCUT2D eigenvalue weighted by molar-refractivity contribution is -0.269. The number of benzene rings is 1. The Hall–Kier alpha value is -1.79. The minimum absolute atomic E-state index is 0.223. The van der Waals surface area contributed by atoms with Gasteiger partial charge in [-0.15, -0.1) is 0 Å². The van der Waals surface area contributed by atoms with E-state index in [0.717, 1.165) is 63.4 Å². The van der Waals surface area contributed by atoms with Crippen LogP contribution in [0.5, 0.6) is 11.5 Å². The van der Waals surface area contributed by atoms with Gasteiger partial charge in [-0.1, -0.05) is 12.8 Å². The van der Waals surface area contributed by atoms with Crippen LogP contribution >= 0.6 is 0 Å². The molecule has 4 rings (SSSR count). The first-order valence-corrected chi connectivity index (χ1v) is 11.4. The standard InChI is InChI=1S/C24H34O6/c1-16-11-13-24(29-16)12-7-9-17(30-24)8-5-4-6-10-20-19-14-18(26-2)15-21(27-3)22(19)23(25)28-20/h14-17,20H,4-13H2,1-3H3/t16-,17-,20-,24-/m1/s1. The van der Waals surface area contributed by atoms with Gasteiger partial charge in [-0.3, -0.25) is 0 Å². The Labute approximate surface area is 179 Å². The highest BCUT2D eigenvalue weighted by atomic mass is 16.7. The van der Waals surface area contributed by atoms with Crippen LogP contribution in [-0.2, 0) is 14.2 Å². The van der Waals surface area contributed by atoms with Crippen LogP contribution in [0.15, 0.2) is 12.1 Å². The lowest BCUT2D eigenvalue weighted by atomic mass is 9.95. The molecule has 3 aliphatic heterocycles. The van der Waals surface area contributed by atoms with Crippen LogP contribution in [0.4, 0.5) is 0 Å². The third-order valence-corrected chi connectivity index (χ3v) is 6.67. The Bertz CT molecular complexity index is 758. The third-order valence-electron chi connectivity index (χ3n) is 6.67. The zero-order valence-corrected chi connectivity index (χ0v) is 18.4. The van der Waals surface area contributed by atoms with E-state index in [1.54, 1.807) is 20.3 Å². The van der Waals surface area contributed by atoms with E-state index in [1.165, 1.54) is 6.42 Å². The average Bonchev–Trinajstić information content (AvgIpc) is 3.26. The van der Waals surface area contributed by atoms with E-state index >= 15 is 0 Å². The molecule has 0 unspecified atom stereocenters. The van der Waals surface area contributed by atoms with Gasteiger partial charge in [0.2, 0.25) is 0 Å². The molecule has 6 nitrogen and oxygen atoms in total. The SMILES string of the molecule is COc1cc(OC)c2c(c1)[C@@H](CCCCC[C@@H]1CCC[C@]3(CC[C@@H](C)O3)O1)OC2=O. The predicted molar refractivity (Wildman–Crippen MR) is 112 cm³/mol. The molecule has 30 heavy (non-hydrogen) atoms.